The maximum absolute atomic E-state index is 11.7. The number of nitrogens with zero attached hydrogens (tertiary/aromatic N) is 3. The monoisotopic (exact) mass is 440 g/mol. The number of hydrogen-bond donors (Lipinski definition) is 3. The molecule has 4 rings (SSSR count). The van der Waals surface area contributed by atoms with Crippen LogP contribution in [0.4, 0.5) is 28.8 Å². The third kappa shape index (κ3) is 4.67. The van der Waals surface area contributed by atoms with E-state index in [0.717, 1.165) is 11.8 Å². The molecule has 3 N–H and O–H groups in total. The van der Waals surface area contributed by atoms with Crippen LogP contribution >= 0.6 is 0 Å². The quantitative estimate of drug-likeness (QED) is 0.417. The molecule has 0 aliphatic heterocycles. The molecule has 160 valence electrons. The third-order valence-electron chi connectivity index (χ3n) is 4.45. The molecule has 0 spiro atoms. The Bertz CT molecular complexity index is 1440. The van der Waals surface area contributed by atoms with E-state index in [1.54, 1.807) is 49.6 Å². The van der Waals surface area contributed by atoms with Crippen molar-refractivity contribution in [3.63, 3.8) is 0 Å². The number of aryl methyl sites for hydroxylation is 2. The van der Waals surface area contributed by atoms with Gasteiger partial charge in [-0.15, -0.1) is 0 Å². The van der Waals surface area contributed by atoms with Crippen molar-refractivity contribution in [1.82, 2.24) is 14.5 Å². The Morgan fingerprint density at radius 2 is 1.77 bits per heavy atom. The summed E-state index contributed by atoms with van der Waals surface area (Å²) >= 11 is 0. The largest absolute Gasteiger partial charge is 0.419 e. The first-order valence-corrected chi connectivity index (χ1v) is 11.1. The Hall–Kier alpha value is -3.86. The summed E-state index contributed by atoms with van der Waals surface area (Å²) in [4.78, 5) is 20.5. The Kier molecular flexibility index (Phi) is 5.11. The zero-order valence-electron chi connectivity index (χ0n) is 17.0. The molecule has 0 saturated heterocycles. The second-order valence-electron chi connectivity index (χ2n) is 7.04. The van der Waals surface area contributed by atoms with Gasteiger partial charge in [0.1, 0.15) is 5.82 Å². The van der Waals surface area contributed by atoms with E-state index in [1.807, 2.05) is 13.0 Å². The van der Waals surface area contributed by atoms with Crippen LogP contribution < -0.4 is 21.1 Å². The molecule has 2 aromatic carbocycles. The highest BCUT2D eigenvalue weighted by molar-refractivity contribution is 7.92. The number of oxazole rings is 1. The fourth-order valence-corrected chi connectivity index (χ4v) is 3.54. The zero-order valence-corrected chi connectivity index (χ0v) is 17.8. The predicted molar refractivity (Wildman–Crippen MR) is 120 cm³/mol. The minimum atomic E-state index is -3.38. The molecule has 0 unspecified atom stereocenters. The predicted octanol–water partition coefficient (Wildman–Crippen LogP) is 3.09. The minimum absolute atomic E-state index is 0.330. The van der Waals surface area contributed by atoms with Gasteiger partial charge in [-0.05, 0) is 37.3 Å². The Morgan fingerprint density at radius 3 is 2.55 bits per heavy atom. The van der Waals surface area contributed by atoms with Crippen LogP contribution in [0.3, 0.4) is 0 Å². The molecule has 0 aliphatic rings. The number of nitrogens with one attached hydrogen (secondary N) is 3. The highest BCUT2D eigenvalue weighted by atomic mass is 32.2. The molecule has 4 aromatic rings. The molecule has 11 heteroatoms. The van der Waals surface area contributed by atoms with Crippen LogP contribution in [0, 0.1) is 6.92 Å². The van der Waals surface area contributed by atoms with E-state index in [1.165, 1.54) is 4.57 Å². The van der Waals surface area contributed by atoms with Crippen LogP contribution in [-0.4, -0.2) is 29.2 Å². The van der Waals surface area contributed by atoms with Gasteiger partial charge in [0.05, 0.1) is 17.5 Å². The molecule has 10 nitrogen and oxygen atoms in total. The van der Waals surface area contributed by atoms with Gasteiger partial charge >= 0.3 is 5.76 Å². The summed E-state index contributed by atoms with van der Waals surface area (Å²) in [6.45, 7) is 1.87. The normalized spacial score (nSPS) is 11.5. The average Bonchev–Trinajstić information content (AvgIpc) is 2.97. The molecule has 0 aliphatic carbocycles. The molecule has 0 bridgehead atoms. The van der Waals surface area contributed by atoms with Gasteiger partial charge in [-0.2, -0.15) is 4.98 Å². The lowest BCUT2D eigenvalue weighted by Gasteiger charge is -2.12. The standard InChI is InChI=1S/C20H20N6O4S/c1-12-11-21-19(23-13-5-4-6-15(9-13)25-31(3,28)29)24-18(12)22-14-7-8-16-17(10-14)30-20(27)26(16)2/h4-11,25H,1-3H3,(H2,21,22,23,24). The van der Waals surface area contributed by atoms with Crippen LogP contribution in [-0.2, 0) is 17.1 Å². The highest BCUT2D eigenvalue weighted by Gasteiger charge is 2.10. The Balaban J connectivity index is 1.58. The lowest BCUT2D eigenvalue weighted by atomic mass is 10.2. The van der Waals surface area contributed by atoms with Crippen molar-refractivity contribution in [2.24, 2.45) is 7.05 Å². The number of rotatable bonds is 6. The molecule has 0 atom stereocenters. The van der Waals surface area contributed by atoms with Crippen molar-refractivity contribution in [2.75, 3.05) is 21.6 Å². The summed E-state index contributed by atoms with van der Waals surface area (Å²) in [6.07, 6.45) is 2.75. The van der Waals surface area contributed by atoms with Crippen molar-refractivity contribution >= 4 is 50.0 Å². The smallest absolute Gasteiger partial charge is 0.408 e. The van der Waals surface area contributed by atoms with Crippen molar-refractivity contribution in [3.8, 4) is 0 Å². The van der Waals surface area contributed by atoms with Gasteiger partial charge in [0.2, 0.25) is 16.0 Å². The van der Waals surface area contributed by atoms with Crippen molar-refractivity contribution in [3.05, 3.63) is 64.8 Å². The third-order valence-corrected chi connectivity index (χ3v) is 5.06. The van der Waals surface area contributed by atoms with E-state index in [2.05, 4.69) is 25.3 Å². The molecule has 0 fully saturated rings. The number of sulfonamides is 1. The van der Waals surface area contributed by atoms with E-state index in [-0.39, 0.29) is 0 Å². The van der Waals surface area contributed by atoms with E-state index >= 15 is 0 Å². The minimum Gasteiger partial charge on any atom is -0.408 e. The second-order valence-corrected chi connectivity index (χ2v) is 8.79. The van der Waals surface area contributed by atoms with E-state index < -0.39 is 15.8 Å². The highest BCUT2D eigenvalue weighted by Crippen LogP contribution is 2.24. The second kappa shape index (κ2) is 7.76. The maximum atomic E-state index is 11.7. The fraction of sp³-hybridized carbons (Fsp3) is 0.150. The molecular formula is C20H20N6O4S. The van der Waals surface area contributed by atoms with Gasteiger partial charge < -0.3 is 15.1 Å². The molecule has 0 amide bonds. The van der Waals surface area contributed by atoms with Crippen molar-refractivity contribution in [2.45, 2.75) is 6.92 Å². The van der Waals surface area contributed by atoms with Gasteiger partial charge in [0, 0.05) is 36.2 Å². The molecule has 0 saturated carbocycles. The van der Waals surface area contributed by atoms with Gasteiger partial charge in [0.25, 0.3) is 0 Å². The lowest BCUT2D eigenvalue weighted by molar-refractivity contribution is 0.528. The number of benzene rings is 2. The van der Waals surface area contributed by atoms with Crippen molar-refractivity contribution in [1.29, 1.82) is 0 Å². The summed E-state index contributed by atoms with van der Waals surface area (Å²) < 4.78 is 32.0. The number of anilines is 5. The number of hydrogen-bond acceptors (Lipinski definition) is 8. The Morgan fingerprint density at radius 1 is 1.03 bits per heavy atom. The maximum Gasteiger partial charge on any atom is 0.419 e. The van der Waals surface area contributed by atoms with Crippen LogP contribution in [0.1, 0.15) is 5.56 Å². The first-order chi connectivity index (χ1) is 14.7. The zero-order chi connectivity index (χ0) is 22.2. The SMILES string of the molecule is Cc1cnc(Nc2cccc(NS(C)(=O)=O)c2)nc1Nc1ccc2c(c1)oc(=O)n2C. The summed E-state index contributed by atoms with van der Waals surface area (Å²) in [5.74, 6) is 0.474. The molecule has 2 aromatic heterocycles. The summed E-state index contributed by atoms with van der Waals surface area (Å²) in [6, 6.07) is 12.1. The van der Waals surface area contributed by atoms with Crippen LogP contribution in [0.15, 0.2) is 57.9 Å². The topological polar surface area (TPSA) is 131 Å². The van der Waals surface area contributed by atoms with Crippen LogP contribution in [0.2, 0.25) is 0 Å². The van der Waals surface area contributed by atoms with Crippen LogP contribution in [0.25, 0.3) is 11.1 Å². The van der Waals surface area contributed by atoms with Crippen molar-refractivity contribution < 1.29 is 12.8 Å². The van der Waals surface area contributed by atoms with Crippen LogP contribution in [0.5, 0.6) is 0 Å². The van der Waals surface area contributed by atoms with E-state index in [9.17, 15) is 13.2 Å². The Labute approximate surface area is 178 Å². The van der Waals surface area contributed by atoms with E-state index in [4.69, 9.17) is 4.42 Å². The lowest BCUT2D eigenvalue weighted by Crippen LogP contribution is -2.09. The van der Waals surface area contributed by atoms with Gasteiger partial charge in [-0.25, -0.2) is 18.2 Å². The summed E-state index contributed by atoms with van der Waals surface area (Å²) in [5, 5.41) is 6.27. The average molecular weight is 440 g/mol. The number of aromatic nitrogens is 3. The molecule has 2 heterocycles. The first kappa shape index (κ1) is 20.4. The first-order valence-electron chi connectivity index (χ1n) is 9.23. The summed E-state index contributed by atoms with van der Waals surface area (Å²) in [7, 11) is -1.73. The van der Waals surface area contributed by atoms with Gasteiger partial charge in [-0.3, -0.25) is 9.29 Å². The van der Waals surface area contributed by atoms with Gasteiger partial charge in [-0.1, -0.05) is 6.07 Å². The van der Waals surface area contributed by atoms with Gasteiger partial charge in [0.15, 0.2) is 5.58 Å². The molecule has 31 heavy (non-hydrogen) atoms. The molecule has 0 radical (unpaired) electrons. The summed E-state index contributed by atoms with van der Waals surface area (Å²) in [5.41, 5.74) is 3.73. The fourth-order valence-electron chi connectivity index (χ4n) is 2.98. The number of fused-ring (bicyclic) bond motifs is 1. The van der Waals surface area contributed by atoms with E-state index in [0.29, 0.717) is 39.9 Å². The molecular weight excluding hydrogens is 420 g/mol.